The number of thiophene rings is 1. The topological polar surface area (TPSA) is 90.2 Å². The van der Waals surface area contributed by atoms with E-state index < -0.39 is 12.1 Å². The van der Waals surface area contributed by atoms with Gasteiger partial charge in [0.05, 0.1) is 20.6 Å². The van der Waals surface area contributed by atoms with E-state index in [1.807, 2.05) is 49.5 Å². The lowest BCUT2D eigenvalue weighted by Crippen LogP contribution is -2.52. The van der Waals surface area contributed by atoms with Gasteiger partial charge in [0, 0.05) is 36.0 Å². The number of fused-ring (bicyclic) bond motifs is 3. The second-order valence-corrected chi connectivity index (χ2v) is 14.8. The van der Waals surface area contributed by atoms with Gasteiger partial charge in [0.2, 0.25) is 0 Å². The van der Waals surface area contributed by atoms with E-state index >= 15 is 0 Å². The summed E-state index contributed by atoms with van der Waals surface area (Å²) in [5.74, 6) is 0.838. The van der Waals surface area contributed by atoms with Crippen LogP contribution in [0.3, 0.4) is 0 Å². The zero-order chi connectivity index (χ0) is 35.2. The molecule has 0 radical (unpaired) electrons. The molecule has 3 aliphatic heterocycles. The smallest absolute Gasteiger partial charge is 0.348 e. The van der Waals surface area contributed by atoms with Crippen molar-refractivity contribution in [2.24, 2.45) is 13.0 Å². The fraction of sp³-hybridized carbons (Fsp3) is 0.395. The van der Waals surface area contributed by atoms with Crippen molar-refractivity contribution in [2.45, 2.75) is 50.5 Å². The van der Waals surface area contributed by atoms with E-state index in [-0.39, 0.29) is 31.0 Å². The number of halogens is 2. The van der Waals surface area contributed by atoms with Crippen LogP contribution in [-0.4, -0.2) is 56.8 Å². The van der Waals surface area contributed by atoms with Crippen LogP contribution in [0, 0.1) is 5.92 Å². The van der Waals surface area contributed by atoms with Gasteiger partial charge < -0.3 is 24.3 Å². The number of methoxy groups -OCH3 is 2. The predicted octanol–water partition coefficient (Wildman–Crippen LogP) is 6.90. The van der Waals surface area contributed by atoms with E-state index in [2.05, 4.69) is 10.2 Å². The van der Waals surface area contributed by atoms with Crippen molar-refractivity contribution in [3.8, 4) is 11.5 Å². The van der Waals surface area contributed by atoms with Crippen molar-refractivity contribution in [3.05, 3.63) is 110 Å². The lowest BCUT2D eigenvalue weighted by molar-refractivity contribution is -0.671. The van der Waals surface area contributed by atoms with Crippen LogP contribution in [0.2, 0.25) is 10.0 Å². The first-order chi connectivity index (χ1) is 24.2. The highest BCUT2D eigenvalue weighted by Gasteiger charge is 2.37. The van der Waals surface area contributed by atoms with Gasteiger partial charge in [-0.1, -0.05) is 59.6 Å². The first kappa shape index (κ1) is 36.1. The Kier molecular flexibility index (Phi) is 12.0. The Balaban J connectivity index is 1.15. The molecule has 4 aromatic rings. The minimum Gasteiger partial charge on any atom is -0.493 e. The zero-order valence-corrected chi connectivity index (χ0v) is 30.7. The minimum absolute atomic E-state index is 0.0351. The third-order valence-electron chi connectivity index (χ3n) is 9.47. The van der Waals surface area contributed by atoms with Crippen LogP contribution in [0.5, 0.6) is 11.5 Å². The van der Waals surface area contributed by atoms with Crippen LogP contribution in [0.4, 0.5) is 0 Å². The number of hydrogen-bond acceptors (Lipinski definition) is 9. The molecule has 2 aromatic heterocycles. The minimum atomic E-state index is -0.724. The van der Waals surface area contributed by atoms with E-state index in [0.29, 0.717) is 50.0 Å². The fourth-order valence-corrected chi connectivity index (χ4v) is 8.30. The molecular formula is C38H42Cl2N3O6S+. The van der Waals surface area contributed by atoms with Crippen LogP contribution in [0.25, 0.3) is 0 Å². The van der Waals surface area contributed by atoms with Gasteiger partial charge in [0.15, 0.2) is 23.9 Å². The molecule has 50 heavy (non-hydrogen) atoms. The maximum Gasteiger partial charge on any atom is 0.348 e. The van der Waals surface area contributed by atoms with Crippen LogP contribution in [-0.2, 0) is 34.3 Å². The molecule has 12 heteroatoms. The molecular weight excluding hydrogens is 697 g/mol. The van der Waals surface area contributed by atoms with Crippen LogP contribution < -0.4 is 19.4 Å². The molecule has 0 saturated carbocycles. The van der Waals surface area contributed by atoms with Gasteiger partial charge in [-0.25, -0.2) is 9.36 Å². The summed E-state index contributed by atoms with van der Waals surface area (Å²) in [4.78, 5) is 30.6. The predicted molar refractivity (Wildman–Crippen MR) is 193 cm³/mol. The van der Waals surface area contributed by atoms with E-state index in [4.69, 9.17) is 42.1 Å². The summed E-state index contributed by atoms with van der Waals surface area (Å²) in [6.45, 7) is 3.46. The lowest BCUT2D eigenvalue weighted by atomic mass is 9.86. The number of piperidine rings is 3. The Morgan fingerprint density at radius 1 is 0.960 bits per heavy atom. The van der Waals surface area contributed by atoms with Crippen molar-refractivity contribution in [2.75, 3.05) is 33.9 Å². The molecule has 2 aromatic carbocycles. The van der Waals surface area contributed by atoms with Gasteiger partial charge in [0.1, 0.15) is 34.2 Å². The summed E-state index contributed by atoms with van der Waals surface area (Å²) in [5, 5.41) is 4.47. The Labute approximate surface area is 307 Å². The van der Waals surface area contributed by atoms with Crippen molar-refractivity contribution in [1.82, 2.24) is 10.2 Å². The molecule has 1 N–H and O–H groups in total. The molecule has 2 bridgehead atoms. The maximum absolute atomic E-state index is 13.7. The van der Waals surface area contributed by atoms with Gasteiger partial charge in [-0.3, -0.25) is 9.69 Å². The molecule has 0 aliphatic carbocycles. The Bertz CT molecular complexity index is 1770. The molecule has 3 saturated heterocycles. The van der Waals surface area contributed by atoms with E-state index in [9.17, 15) is 9.59 Å². The maximum atomic E-state index is 13.7. The normalized spacial score (nSPS) is 19.4. The number of esters is 2. The quantitative estimate of drug-likeness (QED) is 0.111. The third-order valence-corrected chi connectivity index (χ3v) is 11.2. The average molecular weight is 740 g/mol. The van der Waals surface area contributed by atoms with Crippen molar-refractivity contribution in [1.29, 1.82) is 0 Å². The van der Waals surface area contributed by atoms with Gasteiger partial charge in [-0.2, -0.15) is 0 Å². The molecule has 3 fully saturated rings. The number of nitrogens with zero attached hydrogens (tertiary/aromatic N) is 2. The second-order valence-electron chi connectivity index (χ2n) is 12.8. The largest absolute Gasteiger partial charge is 0.493 e. The van der Waals surface area contributed by atoms with E-state index in [1.165, 1.54) is 11.3 Å². The fourth-order valence-electron chi connectivity index (χ4n) is 6.74. The standard InChI is InChI=1S/C38H42Cl2N3O6S/c1-42-21-29(39)28(30(40)22-42)18-33(26-9-11-32(46-2)34(17-26)47-3)49-38(45)36-12-10-27(50-36)20-41-31(24-7-5-4-6-8-24)19-37(44)48-35-23-43-15-13-25(35)14-16-43/h4-12,17,21-22,25,31,33,35,41H,13-16,18-20,23H2,1-3H3/q+1/t31?,33-,35-/m0/s1. The third kappa shape index (κ3) is 8.79. The Morgan fingerprint density at radius 2 is 1.68 bits per heavy atom. The van der Waals surface area contributed by atoms with Crippen molar-refractivity contribution in [3.63, 3.8) is 0 Å². The summed E-state index contributed by atoms with van der Waals surface area (Å²) in [6.07, 6.45) is 5.39. The highest BCUT2D eigenvalue weighted by molar-refractivity contribution is 7.13. The van der Waals surface area contributed by atoms with E-state index in [1.54, 1.807) is 49.4 Å². The second kappa shape index (κ2) is 16.6. The summed E-state index contributed by atoms with van der Waals surface area (Å²) in [5.41, 5.74) is 2.36. The first-order valence-electron chi connectivity index (χ1n) is 16.8. The van der Waals surface area contributed by atoms with Gasteiger partial charge in [0.25, 0.3) is 0 Å². The van der Waals surface area contributed by atoms with Crippen LogP contribution in [0.1, 0.15) is 62.6 Å². The number of ether oxygens (including phenoxy) is 4. The molecule has 3 aliphatic rings. The molecule has 9 nitrogen and oxygen atoms in total. The summed E-state index contributed by atoms with van der Waals surface area (Å²) < 4.78 is 24.9. The lowest BCUT2D eigenvalue weighted by Gasteiger charge is -2.44. The Morgan fingerprint density at radius 3 is 2.34 bits per heavy atom. The number of nitrogens with one attached hydrogen (secondary N) is 1. The molecule has 0 amide bonds. The van der Waals surface area contributed by atoms with Gasteiger partial charge in [-0.05, 0) is 67.2 Å². The molecule has 1 unspecified atom stereocenters. The van der Waals surface area contributed by atoms with Gasteiger partial charge >= 0.3 is 11.9 Å². The number of carbonyl (C=O) groups is 2. The van der Waals surface area contributed by atoms with Crippen molar-refractivity contribution >= 4 is 46.5 Å². The Hall–Kier alpha value is -3.67. The number of hydrogen-bond donors (Lipinski definition) is 1. The average Bonchev–Trinajstić information content (AvgIpc) is 3.61. The number of carbonyl (C=O) groups excluding carboxylic acids is 2. The number of aromatic nitrogens is 1. The molecule has 5 heterocycles. The number of aryl methyl sites for hydroxylation is 1. The SMILES string of the molecule is COc1ccc([C@H](Cc2c(Cl)c[n+](C)cc2Cl)OC(=O)c2ccc(CNC(CC(=O)O[C@H]3CN4CCC3CC4)c3ccccc3)s2)cc1OC. The number of pyridine rings is 1. The monoisotopic (exact) mass is 738 g/mol. The molecule has 3 atom stereocenters. The van der Waals surface area contributed by atoms with E-state index in [0.717, 1.165) is 42.9 Å². The highest BCUT2D eigenvalue weighted by atomic mass is 35.5. The summed E-state index contributed by atoms with van der Waals surface area (Å²) >= 11 is 14.5. The summed E-state index contributed by atoms with van der Waals surface area (Å²) in [7, 11) is 4.95. The molecule has 7 rings (SSSR count). The first-order valence-corrected chi connectivity index (χ1v) is 18.3. The van der Waals surface area contributed by atoms with Crippen LogP contribution in [0.15, 0.2) is 73.1 Å². The number of rotatable bonds is 14. The van der Waals surface area contributed by atoms with Crippen molar-refractivity contribution < 1.29 is 33.1 Å². The molecule has 0 spiro atoms. The van der Waals surface area contributed by atoms with Crippen LogP contribution >= 0.6 is 34.5 Å². The number of benzene rings is 2. The van der Waals surface area contributed by atoms with Gasteiger partial charge in [-0.15, -0.1) is 11.3 Å². The summed E-state index contributed by atoms with van der Waals surface area (Å²) in [6, 6.07) is 18.7. The highest BCUT2D eigenvalue weighted by Crippen LogP contribution is 2.36. The molecule has 264 valence electrons. The zero-order valence-electron chi connectivity index (χ0n) is 28.4.